The van der Waals surface area contributed by atoms with Crippen molar-refractivity contribution >= 4 is 22.9 Å². The second kappa shape index (κ2) is 13.1. The monoisotopic (exact) mass is 598 g/mol. The number of aromatic nitrogens is 4. The predicted molar refractivity (Wildman–Crippen MR) is 163 cm³/mol. The number of carbonyl (C=O) groups excluding carboxylic acids is 1. The Morgan fingerprint density at radius 2 is 1.56 bits per heavy atom. The molecule has 1 saturated heterocycles. The first kappa shape index (κ1) is 32.6. The summed E-state index contributed by atoms with van der Waals surface area (Å²) in [4.78, 5) is 26.0. The number of aliphatic hydroxyl groups excluding tert-OH is 3. The molecule has 0 unspecified atom stereocenters. The van der Waals surface area contributed by atoms with E-state index in [1.165, 1.54) is 17.2 Å². The number of benzene rings is 1. The van der Waals surface area contributed by atoms with Crippen LogP contribution < -0.4 is 10.6 Å². The van der Waals surface area contributed by atoms with Crippen LogP contribution in [0, 0.1) is 0 Å². The van der Waals surface area contributed by atoms with Crippen molar-refractivity contribution in [2.75, 3.05) is 25.0 Å². The molecule has 2 aromatic heterocycles. The van der Waals surface area contributed by atoms with Gasteiger partial charge in [0.1, 0.15) is 30.4 Å². The summed E-state index contributed by atoms with van der Waals surface area (Å²) in [6, 6.07) is 3.60. The van der Waals surface area contributed by atoms with Gasteiger partial charge >= 0.3 is 0 Å². The van der Waals surface area contributed by atoms with Crippen molar-refractivity contribution in [1.29, 1.82) is 0 Å². The Kier molecular flexibility index (Phi) is 9.95. The number of phenolic OH excluding ortho intramolecular Hbond substituents is 1. The van der Waals surface area contributed by atoms with Crippen LogP contribution in [-0.2, 0) is 15.6 Å². The number of carbonyl (C=O) groups is 1. The lowest BCUT2D eigenvalue weighted by molar-refractivity contribution is -0.0511. The van der Waals surface area contributed by atoms with Crippen LogP contribution in [0.25, 0.3) is 11.2 Å². The average molecular weight is 599 g/mol. The molecule has 3 heterocycles. The minimum absolute atomic E-state index is 0.137. The van der Waals surface area contributed by atoms with Crippen LogP contribution in [0.4, 0.5) is 5.82 Å². The Hall–Kier alpha value is -3.32. The third-order valence-electron chi connectivity index (χ3n) is 7.82. The number of nitrogens with one attached hydrogen (secondary N) is 2. The highest BCUT2D eigenvalue weighted by Crippen LogP contribution is 2.40. The number of amides is 1. The highest BCUT2D eigenvalue weighted by atomic mass is 16.6. The summed E-state index contributed by atoms with van der Waals surface area (Å²) in [5, 5.41) is 47.1. The van der Waals surface area contributed by atoms with Crippen LogP contribution in [0.5, 0.6) is 5.75 Å². The van der Waals surface area contributed by atoms with Gasteiger partial charge in [-0.3, -0.25) is 9.36 Å². The van der Waals surface area contributed by atoms with Crippen LogP contribution in [0.15, 0.2) is 24.8 Å². The van der Waals surface area contributed by atoms with Crippen LogP contribution >= 0.6 is 0 Å². The number of nitrogens with zero attached hydrogens (tertiary/aromatic N) is 4. The van der Waals surface area contributed by atoms with E-state index in [-0.39, 0.29) is 22.5 Å². The molecule has 3 aromatic rings. The van der Waals surface area contributed by atoms with Gasteiger partial charge in [-0.1, -0.05) is 54.4 Å². The van der Waals surface area contributed by atoms with E-state index < -0.39 is 31.1 Å². The van der Waals surface area contributed by atoms with Crippen molar-refractivity contribution in [1.82, 2.24) is 24.8 Å². The number of fused-ring (bicyclic) bond motifs is 1. The fourth-order valence-electron chi connectivity index (χ4n) is 5.30. The molecule has 0 saturated carbocycles. The molecule has 12 nitrogen and oxygen atoms in total. The third-order valence-corrected chi connectivity index (χ3v) is 7.82. The molecule has 236 valence electrons. The number of rotatable bonds is 11. The zero-order valence-corrected chi connectivity index (χ0v) is 26.0. The summed E-state index contributed by atoms with van der Waals surface area (Å²) in [6.07, 6.45) is 2.25. The van der Waals surface area contributed by atoms with Crippen molar-refractivity contribution in [3.8, 4) is 5.75 Å². The molecule has 1 aromatic carbocycles. The molecule has 1 aliphatic heterocycles. The maximum atomic E-state index is 13.0. The first-order chi connectivity index (χ1) is 20.2. The fourth-order valence-corrected chi connectivity index (χ4v) is 5.30. The van der Waals surface area contributed by atoms with Gasteiger partial charge in [-0.15, -0.1) is 0 Å². The zero-order valence-electron chi connectivity index (χ0n) is 26.0. The molecular formula is C31H46N6O6. The van der Waals surface area contributed by atoms with Gasteiger partial charge in [0, 0.05) is 29.8 Å². The van der Waals surface area contributed by atoms with Crippen molar-refractivity contribution in [3.63, 3.8) is 0 Å². The Bertz CT molecular complexity index is 1380. The second-order valence-electron chi connectivity index (χ2n) is 13.3. The predicted octanol–water partition coefficient (Wildman–Crippen LogP) is 3.14. The highest BCUT2D eigenvalue weighted by molar-refractivity contribution is 5.95. The molecule has 0 radical (unpaired) electrons. The number of imidazole rings is 1. The topological polar surface area (TPSA) is 175 Å². The number of phenols is 1. The first-order valence-corrected chi connectivity index (χ1v) is 14.9. The van der Waals surface area contributed by atoms with Gasteiger partial charge in [-0.2, -0.15) is 0 Å². The van der Waals surface area contributed by atoms with Crippen molar-refractivity contribution in [2.24, 2.45) is 0 Å². The van der Waals surface area contributed by atoms with Gasteiger partial charge in [0.25, 0.3) is 5.91 Å². The van der Waals surface area contributed by atoms with Gasteiger partial charge in [-0.25, -0.2) is 15.0 Å². The number of aromatic hydroxyl groups is 1. The number of unbranched alkanes of at least 4 members (excludes halogenated alkanes) is 3. The van der Waals surface area contributed by atoms with Crippen molar-refractivity contribution < 1.29 is 30.0 Å². The zero-order chi connectivity index (χ0) is 31.5. The lowest BCUT2D eigenvalue weighted by Gasteiger charge is -2.28. The molecule has 6 N–H and O–H groups in total. The Morgan fingerprint density at radius 3 is 2.14 bits per heavy atom. The number of hydrogen-bond donors (Lipinski definition) is 6. The maximum absolute atomic E-state index is 13.0. The Labute approximate surface area is 252 Å². The molecule has 0 aliphatic carbocycles. The van der Waals surface area contributed by atoms with Gasteiger partial charge in [-0.05, 0) is 35.8 Å². The van der Waals surface area contributed by atoms with E-state index in [4.69, 9.17) is 4.74 Å². The second-order valence-corrected chi connectivity index (χ2v) is 13.3. The van der Waals surface area contributed by atoms with Crippen molar-refractivity contribution in [2.45, 2.75) is 103 Å². The summed E-state index contributed by atoms with van der Waals surface area (Å²) in [5.74, 6) is 0.682. The molecular weight excluding hydrogens is 552 g/mol. The molecule has 4 atom stereocenters. The first-order valence-electron chi connectivity index (χ1n) is 14.9. The number of aliphatic hydroxyl groups is 3. The van der Waals surface area contributed by atoms with Crippen molar-refractivity contribution in [3.05, 3.63) is 41.5 Å². The molecule has 12 heteroatoms. The van der Waals surface area contributed by atoms with Gasteiger partial charge < -0.3 is 35.8 Å². The van der Waals surface area contributed by atoms with E-state index in [1.54, 1.807) is 12.1 Å². The quantitative estimate of drug-likeness (QED) is 0.180. The van der Waals surface area contributed by atoms with E-state index in [0.29, 0.717) is 35.6 Å². The molecule has 43 heavy (non-hydrogen) atoms. The summed E-state index contributed by atoms with van der Waals surface area (Å²) < 4.78 is 7.14. The SMILES string of the molecule is CC(C)(C)c1cc(C(=O)NCCCCCCNc2ncnc3c2ncn3[C@@H]2O[C@H](CO)[C@@H](O)[C@H]2O)cc(C(C)(C)C)c1O. The normalized spacial score (nSPS) is 21.0. The number of ether oxygens (including phenoxy) is 1. The number of hydrogen-bond acceptors (Lipinski definition) is 10. The van der Waals surface area contributed by atoms with Gasteiger partial charge in [0.05, 0.1) is 12.9 Å². The largest absolute Gasteiger partial charge is 0.507 e. The summed E-state index contributed by atoms with van der Waals surface area (Å²) in [5.41, 5.74) is 2.46. The Balaban J connectivity index is 1.24. The summed E-state index contributed by atoms with van der Waals surface area (Å²) in [6.45, 7) is 13.0. The van der Waals surface area contributed by atoms with E-state index in [1.807, 2.05) is 41.5 Å². The molecule has 1 aliphatic rings. The Morgan fingerprint density at radius 1 is 0.930 bits per heavy atom. The minimum Gasteiger partial charge on any atom is -0.507 e. The van der Waals surface area contributed by atoms with E-state index in [2.05, 4.69) is 25.6 Å². The minimum atomic E-state index is -1.23. The van der Waals surface area contributed by atoms with E-state index >= 15 is 0 Å². The summed E-state index contributed by atoms with van der Waals surface area (Å²) in [7, 11) is 0. The summed E-state index contributed by atoms with van der Waals surface area (Å²) >= 11 is 0. The lowest BCUT2D eigenvalue weighted by atomic mass is 9.78. The van der Waals surface area contributed by atoms with E-state index in [9.17, 15) is 25.2 Å². The molecule has 1 amide bonds. The standard InChI is InChI=1S/C31H46N6O6/c1-30(2,3)19-13-18(14-20(23(19)39)31(4,5)6)28(42)33-12-10-8-7-9-11-32-26-22-27(35-16-34-26)37(17-36-22)29-25(41)24(40)21(15-38)43-29/h13-14,16-17,21,24-25,29,38-41H,7-12,15H2,1-6H3,(H,33,42)(H,32,34,35)/t21-,24-,25-,29-/m1/s1. The van der Waals surface area contributed by atoms with Crippen LogP contribution in [0.3, 0.4) is 0 Å². The highest BCUT2D eigenvalue weighted by Gasteiger charge is 2.44. The third kappa shape index (κ3) is 7.26. The van der Waals surface area contributed by atoms with Crippen LogP contribution in [-0.4, -0.2) is 83.9 Å². The van der Waals surface area contributed by atoms with E-state index in [0.717, 1.165) is 36.8 Å². The molecule has 4 rings (SSSR count). The maximum Gasteiger partial charge on any atom is 0.251 e. The molecule has 0 spiro atoms. The van der Waals surface area contributed by atoms with Gasteiger partial charge in [0.2, 0.25) is 0 Å². The fraction of sp³-hybridized carbons (Fsp3) is 0.613. The molecule has 1 fully saturated rings. The van der Waals surface area contributed by atoms with Crippen LogP contribution in [0.1, 0.15) is 94.9 Å². The van der Waals surface area contributed by atoms with Gasteiger partial charge in [0.15, 0.2) is 23.2 Å². The number of anilines is 1. The van der Waals surface area contributed by atoms with Crippen LogP contribution in [0.2, 0.25) is 0 Å². The average Bonchev–Trinajstić information content (AvgIpc) is 3.49. The smallest absolute Gasteiger partial charge is 0.251 e. The lowest BCUT2D eigenvalue weighted by Crippen LogP contribution is -2.33. The molecule has 0 bridgehead atoms.